The second-order valence-electron chi connectivity index (χ2n) is 2.72. The van der Waals surface area contributed by atoms with Crippen LogP contribution in [0.25, 0.3) is 0 Å². The van der Waals surface area contributed by atoms with Gasteiger partial charge in [0, 0.05) is 6.54 Å². The van der Waals surface area contributed by atoms with Crippen molar-refractivity contribution in [2.75, 3.05) is 0 Å². The van der Waals surface area contributed by atoms with E-state index in [1.807, 2.05) is 4.68 Å². The number of hydrogen-bond donors (Lipinski definition) is 0. The van der Waals surface area contributed by atoms with Crippen LogP contribution in [0.1, 0.15) is 29.0 Å². The number of rotatable bonds is 1. The number of carbonyl (C=O) groups is 1. The largest absolute Gasteiger partial charge is 0.296 e. The first-order valence-corrected chi connectivity index (χ1v) is 3.79. The van der Waals surface area contributed by atoms with Crippen LogP contribution in [0.2, 0.25) is 0 Å². The second kappa shape index (κ2) is 2.45. The molecule has 0 fully saturated rings. The van der Waals surface area contributed by atoms with Crippen LogP contribution >= 0.6 is 0 Å². The Morgan fingerprint density at radius 1 is 1.45 bits per heavy atom. The van der Waals surface area contributed by atoms with Crippen molar-refractivity contribution in [3.05, 3.63) is 11.4 Å². The van der Waals surface area contributed by atoms with Gasteiger partial charge < -0.3 is 0 Å². The summed E-state index contributed by atoms with van der Waals surface area (Å²) in [5.74, 6) is 0. The van der Waals surface area contributed by atoms with Crippen LogP contribution in [0.4, 0.5) is 0 Å². The molecule has 4 heteroatoms. The lowest BCUT2D eigenvalue weighted by atomic mass is 10.1. The fourth-order valence-corrected chi connectivity index (χ4v) is 1.43. The molecule has 2 heterocycles. The van der Waals surface area contributed by atoms with E-state index in [4.69, 9.17) is 0 Å². The van der Waals surface area contributed by atoms with Gasteiger partial charge in [0.05, 0.1) is 5.69 Å². The summed E-state index contributed by atoms with van der Waals surface area (Å²) in [4.78, 5) is 10.4. The molecule has 0 saturated heterocycles. The molecule has 0 bridgehead atoms. The van der Waals surface area contributed by atoms with E-state index in [0.717, 1.165) is 37.8 Å². The zero-order chi connectivity index (χ0) is 7.68. The SMILES string of the molecule is O=Cc1nnn2c1CCCC2. The van der Waals surface area contributed by atoms with E-state index in [0.29, 0.717) is 5.69 Å². The molecule has 1 aromatic heterocycles. The van der Waals surface area contributed by atoms with Crippen molar-refractivity contribution in [2.45, 2.75) is 25.8 Å². The second-order valence-corrected chi connectivity index (χ2v) is 2.72. The van der Waals surface area contributed by atoms with Crippen molar-refractivity contribution >= 4 is 6.29 Å². The van der Waals surface area contributed by atoms with Gasteiger partial charge >= 0.3 is 0 Å². The summed E-state index contributed by atoms with van der Waals surface area (Å²) in [6.45, 7) is 0.913. The van der Waals surface area contributed by atoms with Crippen molar-refractivity contribution < 1.29 is 4.79 Å². The molecule has 1 aliphatic rings. The van der Waals surface area contributed by atoms with Crippen LogP contribution in [0.15, 0.2) is 0 Å². The Labute approximate surface area is 64.2 Å². The number of hydrogen-bond acceptors (Lipinski definition) is 3. The first-order chi connectivity index (χ1) is 5.42. The first-order valence-electron chi connectivity index (χ1n) is 3.79. The Hall–Kier alpha value is -1.19. The van der Waals surface area contributed by atoms with E-state index < -0.39 is 0 Å². The standard InChI is InChI=1S/C7H9N3O/c11-5-6-7-3-1-2-4-10(7)9-8-6/h5H,1-4H2. The van der Waals surface area contributed by atoms with Crippen LogP contribution in [0, 0.1) is 0 Å². The van der Waals surface area contributed by atoms with Gasteiger partial charge in [0.25, 0.3) is 0 Å². The lowest BCUT2D eigenvalue weighted by Gasteiger charge is -2.11. The average Bonchev–Trinajstić information content (AvgIpc) is 2.47. The topological polar surface area (TPSA) is 47.8 Å². The van der Waals surface area contributed by atoms with Gasteiger partial charge in [-0.1, -0.05) is 5.21 Å². The molecule has 0 atom stereocenters. The number of carbonyl (C=O) groups excluding carboxylic acids is 1. The maximum absolute atomic E-state index is 10.4. The van der Waals surface area contributed by atoms with E-state index in [9.17, 15) is 4.79 Å². The van der Waals surface area contributed by atoms with Crippen LogP contribution < -0.4 is 0 Å². The van der Waals surface area contributed by atoms with Crippen molar-refractivity contribution in [2.24, 2.45) is 0 Å². The number of aromatic nitrogens is 3. The third-order valence-corrected chi connectivity index (χ3v) is 2.01. The van der Waals surface area contributed by atoms with E-state index in [2.05, 4.69) is 10.3 Å². The summed E-state index contributed by atoms with van der Waals surface area (Å²) in [5, 5.41) is 7.62. The van der Waals surface area contributed by atoms with E-state index in [1.165, 1.54) is 0 Å². The summed E-state index contributed by atoms with van der Waals surface area (Å²) in [6, 6.07) is 0. The monoisotopic (exact) mass is 151 g/mol. The van der Waals surface area contributed by atoms with E-state index in [1.54, 1.807) is 0 Å². The van der Waals surface area contributed by atoms with Crippen LogP contribution in [-0.4, -0.2) is 21.3 Å². The van der Waals surface area contributed by atoms with Crippen LogP contribution in [0.3, 0.4) is 0 Å². The Balaban J connectivity index is 2.45. The molecular formula is C7H9N3O. The van der Waals surface area contributed by atoms with Crippen LogP contribution in [0.5, 0.6) is 0 Å². The molecule has 0 radical (unpaired) electrons. The summed E-state index contributed by atoms with van der Waals surface area (Å²) < 4.78 is 1.83. The minimum atomic E-state index is 0.518. The minimum Gasteiger partial charge on any atom is -0.296 e. The Bertz CT molecular complexity index is 279. The number of fused-ring (bicyclic) bond motifs is 1. The van der Waals surface area contributed by atoms with Crippen molar-refractivity contribution in [3.63, 3.8) is 0 Å². The van der Waals surface area contributed by atoms with Gasteiger partial charge in [0.15, 0.2) is 6.29 Å². The smallest absolute Gasteiger partial charge is 0.172 e. The van der Waals surface area contributed by atoms with Crippen molar-refractivity contribution in [1.29, 1.82) is 0 Å². The maximum atomic E-state index is 10.4. The lowest BCUT2D eigenvalue weighted by molar-refractivity contribution is 0.111. The molecule has 2 rings (SSSR count). The highest BCUT2D eigenvalue weighted by Gasteiger charge is 2.14. The zero-order valence-electron chi connectivity index (χ0n) is 6.16. The first kappa shape index (κ1) is 6.52. The Morgan fingerprint density at radius 2 is 2.36 bits per heavy atom. The summed E-state index contributed by atoms with van der Waals surface area (Å²) in [7, 11) is 0. The van der Waals surface area contributed by atoms with Gasteiger partial charge in [0.1, 0.15) is 5.69 Å². The number of aldehydes is 1. The highest BCUT2D eigenvalue weighted by atomic mass is 16.1. The van der Waals surface area contributed by atoms with Gasteiger partial charge in [-0.05, 0) is 19.3 Å². The molecule has 0 saturated carbocycles. The molecule has 58 valence electrons. The van der Waals surface area contributed by atoms with Gasteiger partial charge in [-0.25, -0.2) is 4.68 Å². The van der Waals surface area contributed by atoms with Gasteiger partial charge in [0.2, 0.25) is 0 Å². The summed E-state index contributed by atoms with van der Waals surface area (Å²) in [5.41, 5.74) is 1.52. The third kappa shape index (κ3) is 0.943. The zero-order valence-corrected chi connectivity index (χ0v) is 6.16. The molecule has 4 nitrogen and oxygen atoms in total. The number of nitrogens with zero attached hydrogens (tertiary/aromatic N) is 3. The number of aryl methyl sites for hydroxylation is 1. The Morgan fingerprint density at radius 3 is 3.18 bits per heavy atom. The molecule has 0 aliphatic carbocycles. The fourth-order valence-electron chi connectivity index (χ4n) is 1.43. The van der Waals surface area contributed by atoms with Crippen molar-refractivity contribution in [3.8, 4) is 0 Å². The fraction of sp³-hybridized carbons (Fsp3) is 0.571. The summed E-state index contributed by atoms with van der Waals surface area (Å²) >= 11 is 0. The highest BCUT2D eigenvalue weighted by molar-refractivity contribution is 5.73. The van der Waals surface area contributed by atoms with Crippen molar-refractivity contribution in [1.82, 2.24) is 15.0 Å². The maximum Gasteiger partial charge on any atom is 0.172 e. The van der Waals surface area contributed by atoms with Gasteiger partial charge in [-0.3, -0.25) is 4.79 Å². The Kier molecular flexibility index (Phi) is 1.45. The van der Waals surface area contributed by atoms with Gasteiger partial charge in [-0.15, -0.1) is 5.10 Å². The van der Waals surface area contributed by atoms with Crippen LogP contribution in [-0.2, 0) is 13.0 Å². The molecule has 0 N–H and O–H groups in total. The van der Waals surface area contributed by atoms with Gasteiger partial charge in [-0.2, -0.15) is 0 Å². The predicted molar refractivity (Wildman–Crippen MR) is 38.3 cm³/mol. The average molecular weight is 151 g/mol. The highest BCUT2D eigenvalue weighted by Crippen LogP contribution is 2.14. The molecule has 0 unspecified atom stereocenters. The van der Waals surface area contributed by atoms with E-state index in [-0.39, 0.29) is 0 Å². The molecule has 0 spiro atoms. The predicted octanol–water partition coefficient (Wildman–Crippen LogP) is 0.427. The molecule has 1 aliphatic heterocycles. The molecule has 0 amide bonds. The molecule has 0 aromatic carbocycles. The normalized spacial score (nSPS) is 16.0. The minimum absolute atomic E-state index is 0.518. The van der Waals surface area contributed by atoms with E-state index >= 15 is 0 Å². The molecular weight excluding hydrogens is 142 g/mol. The summed E-state index contributed by atoms with van der Waals surface area (Å²) in [6.07, 6.45) is 4.02. The molecule has 11 heavy (non-hydrogen) atoms. The lowest BCUT2D eigenvalue weighted by Crippen LogP contribution is -2.11. The quantitative estimate of drug-likeness (QED) is 0.547. The third-order valence-electron chi connectivity index (χ3n) is 2.01. The molecule has 1 aromatic rings.